The first-order chi connectivity index (χ1) is 22.2. The Hall–Kier alpha value is -5.14. The summed E-state index contributed by atoms with van der Waals surface area (Å²) in [7, 11) is 0. The third-order valence-electron chi connectivity index (χ3n) is 8.45. The summed E-state index contributed by atoms with van der Waals surface area (Å²) in [4.78, 5) is 3.62. The molecule has 2 aliphatic heterocycles. The Bertz CT molecular complexity index is 1920. The third-order valence-corrected chi connectivity index (χ3v) is 9.65. The van der Waals surface area contributed by atoms with Crippen molar-refractivity contribution < 1.29 is 9.47 Å². The molecule has 0 saturated carbocycles. The van der Waals surface area contributed by atoms with Gasteiger partial charge in [-0.2, -0.15) is 10.5 Å². The highest BCUT2D eigenvalue weighted by molar-refractivity contribution is 7.18. The van der Waals surface area contributed by atoms with Crippen molar-refractivity contribution in [3.63, 3.8) is 0 Å². The molecule has 0 amide bonds. The van der Waals surface area contributed by atoms with Gasteiger partial charge in [0, 0.05) is 45.8 Å². The summed E-state index contributed by atoms with van der Waals surface area (Å²) in [5.74, 6) is 1.41. The Kier molecular flexibility index (Phi) is 8.17. The zero-order valence-electron chi connectivity index (χ0n) is 24.8. The van der Waals surface area contributed by atoms with Gasteiger partial charge >= 0.3 is 0 Å². The largest absolute Gasteiger partial charge is 0.456 e. The molecular weight excluding hydrogens is 575 g/mol. The minimum absolute atomic E-state index is 0.113. The van der Waals surface area contributed by atoms with E-state index in [1.807, 2.05) is 47.7 Å². The van der Waals surface area contributed by atoms with Gasteiger partial charge in [-0.3, -0.25) is 0 Å². The summed E-state index contributed by atoms with van der Waals surface area (Å²) < 4.78 is 12.4. The van der Waals surface area contributed by atoms with Gasteiger partial charge in [-0.25, -0.2) is 0 Å². The molecule has 0 atom stereocenters. The average Bonchev–Trinajstić information content (AvgIpc) is 3.49. The molecule has 3 aromatic carbocycles. The lowest BCUT2D eigenvalue weighted by Crippen LogP contribution is -2.35. The van der Waals surface area contributed by atoms with Crippen LogP contribution >= 0.6 is 11.3 Å². The Morgan fingerprint density at radius 2 is 1.36 bits per heavy atom. The van der Waals surface area contributed by atoms with E-state index in [1.165, 1.54) is 21.7 Å². The molecule has 1 aromatic heterocycles. The van der Waals surface area contributed by atoms with E-state index in [-0.39, 0.29) is 5.57 Å². The van der Waals surface area contributed by atoms with Crippen molar-refractivity contribution in [1.29, 1.82) is 10.5 Å². The second-order valence-corrected chi connectivity index (χ2v) is 12.2. The second kappa shape index (κ2) is 12.8. The highest BCUT2D eigenvalue weighted by atomic mass is 32.1. The molecule has 45 heavy (non-hydrogen) atoms. The van der Waals surface area contributed by atoms with Gasteiger partial charge in [-0.1, -0.05) is 91.0 Å². The van der Waals surface area contributed by atoms with Gasteiger partial charge in [-0.15, -0.1) is 11.3 Å². The number of allylic oxidation sites excluding steroid dienone is 5. The van der Waals surface area contributed by atoms with Crippen LogP contribution in [0, 0.1) is 22.7 Å². The maximum atomic E-state index is 9.90. The molecule has 220 valence electrons. The number of nitrogens with zero attached hydrogens (tertiary/aromatic N) is 3. The van der Waals surface area contributed by atoms with Gasteiger partial charge < -0.3 is 14.4 Å². The van der Waals surface area contributed by atoms with Crippen LogP contribution in [-0.2, 0) is 9.47 Å². The molecule has 5 nitrogen and oxygen atoms in total. The summed E-state index contributed by atoms with van der Waals surface area (Å²) in [6, 6.07) is 35.4. The number of morpholine rings is 1. The number of ether oxygens (including phenoxy) is 2. The number of benzene rings is 3. The monoisotopic (exact) mass is 605 g/mol. The Balaban J connectivity index is 1.45. The van der Waals surface area contributed by atoms with Crippen molar-refractivity contribution in [2.45, 2.75) is 19.3 Å². The van der Waals surface area contributed by atoms with Gasteiger partial charge in [-0.05, 0) is 48.1 Å². The maximum Gasteiger partial charge on any atom is 0.137 e. The van der Waals surface area contributed by atoms with E-state index in [0.29, 0.717) is 24.5 Å². The first-order valence-electron chi connectivity index (χ1n) is 15.3. The molecule has 0 bridgehead atoms. The van der Waals surface area contributed by atoms with Crippen molar-refractivity contribution in [1.82, 2.24) is 0 Å². The first-order valence-corrected chi connectivity index (χ1v) is 16.1. The number of nitriles is 2. The fourth-order valence-electron chi connectivity index (χ4n) is 6.32. The maximum absolute atomic E-state index is 9.90. The number of anilines is 1. The van der Waals surface area contributed by atoms with E-state index >= 15 is 0 Å². The number of hydrogen-bond acceptors (Lipinski definition) is 6. The molecule has 1 saturated heterocycles. The van der Waals surface area contributed by atoms with Crippen LogP contribution in [0.1, 0.15) is 29.7 Å². The second-order valence-electron chi connectivity index (χ2n) is 11.2. The van der Waals surface area contributed by atoms with Crippen molar-refractivity contribution in [2.75, 3.05) is 31.2 Å². The lowest BCUT2D eigenvalue weighted by molar-refractivity contribution is 0.123. The Morgan fingerprint density at radius 1 is 0.756 bits per heavy atom. The normalized spacial score (nSPS) is 17.2. The van der Waals surface area contributed by atoms with Crippen LogP contribution in [-0.4, -0.2) is 26.3 Å². The Morgan fingerprint density at radius 3 is 1.98 bits per heavy atom. The van der Waals surface area contributed by atoms with Gasteiger partial charge in [0.15, 0.2) is 0 Å². The highest BCUT2D eigenvalue weighted by Gasteiger charge is 2.31. The van der Waals surface area contributed by atoms with Gasteiger partial charge in [0.2, 0.25) is 0 Å². The van der Waals surface area contributed by atoms with Crippen LogP contribution < -0.4 is 4.90 Å². The van der Waals surface area contributed by atoms with Gasteiger partial charge in [0.25, 0.3) is 0 Å². The molecule has 0 radical (unpaired) electrons. The van der Waals surface area contributed by atoms with E-state index < -0.39 is 0 Å². The average molecular weight is 606 g/mol. The molecule has 0 unspecified atom stereocenters. The number of thiophene rings is 1. The quantitative estimate of drug-likeness (QED) is 0.212. The van der Waals surface area contributed by atoms with Gasteiger partial charge in [0.1, 0.15) is 34.2 Å². The summed E-state index contributed by atoms with van der Waals surface area (Å²) >= 11 is 1.81. The molecule has 1 fully saturated rings. The fourth-order valence-corrected chi connectivity index (χ4v) is 7.68. The Labute approximate surface area is 267 Å². The van der Waals surface area contributed by atoms with E-state index in [9.17, 15) is 10.5 Å². The fraction of sp³-hybridized carbons (Fsp3) is 0.179. The summed E-state index contributed by atoms with van der Waals surface area (Å²) in [5.41, 5.74) is 8.48. The van der Waals surface area contributed by atoms with Crippen LogP contribution in [0.25, 0.3) is 34.1 Å². The summed E-state index contributed by atoms with van der Waals surface area (Å²) in [6.45, 7) is 3.09. The van der Waals surface area contributed by atoms with Crippen molar-refractivity contribution in [3.05, 3.63) is 136 Å². The lowest BCUT2D eigenvalue weighted by atomic mass is 9.84. The van der Waals surface area contributed by atoms with Crippen molar-refractivity contribution in [3.8, 4) is 34.4 Å². The number of hydrogen-bond donors (Lipinski definition) is 0. The standard InChI is InChI=1S/C39H31N3O2S/c40-25-31(26-41)33-24-34(27-11-4-1-5-12-27)44-38-30(17-10-18-32(33)38)23-35-36(28-13-6-2-7-14-28)37(29-15-8-3-9-16-29)39(45-35)42-19-21-43-22-20-42/h1-9,11-16,23-24H,10,17-22H2/b30-23+. The minimum Gasteiger partial charge on any atom is -0.456 e. The molecular formula is C39H31N3O2S. The molecule has 6 heteroatoms. The smallest absolute Gasteiger partial charge is 0.137 e. The van der Waals surface area contributed by atoms with Crippen LogP contribution in [0.4, 0.5) is 5.00 Å². The predicted octanol–water partition coefficient (Wildman–Crippen LogP) is 9.16. The lowest BCUT2D eigenvalue weighted by Gasteiger charge is -2.29. The topological polar surface area (TPSA) is 69.3 Å². The molecule has 4 aromatic rings. The summed E-state index contributed by atoms with van der Waals surface area (Å²) in [6.07, 6.45) is 6.65. The van der Waals surface area contributed by atoms with Gasteiger partial charge in [0.05, 0.1) is 13.2 Å². The molecule has 1 aliphatic carbocycles. The van der Waals surface area contributed by atoms with E-state index in [2.05, 4.69) is 83.8 Å². The van der Waals surface area contributed by atoms with E-state index in [1.54, 1.807) is 0 Å². The number of rotatable bonds is 5. The van der Waals surface area contributed by atoms with E-state index in [4.69, 9.17) is 9.47 Å². The molecule has 0 N–H and O–H groups in total. The van der Waals surface area contributed by atoms with Crippen LogP contribution in [0.5, 0.6) is 0 Å². The van der Waals surface area contributed by atoms with Crippen LogP contribution in [0.2, 0.25) is 0 Å². The van der Waals surface area contributed by atoms with Crippen molar-refractivity contribution >= 4 is 28.2 Å². The zero-order chi connectivity index (χ0) is 30.6. The zero-order valence-corrected chi connectivity index (χ0v) is 25.6. The summed E-state index contributed by atoms with van der Waals surface area (Å²) in [5, 5.41) is 21.1. The highest BCUT2D eigenvalue weighted by Crippen LogP contribution is 2.51. The molecule has 0 spiro atoms. The minimum atomic E-state index is 0.113. The third kappa shape index (κ3) is 5.63. The first kappa shape index (κ1) is 28.6. The van der Waals surface area contributed by atoms with Crippen LogP contribution in [0.15, 0.2) is 125 Å². The molecule has 7 rings (SSSR count). The van der Waals surface area contributed by atoms with Crippen LogP contribution in [0.3, 0.4) is 0 Å². The SMILES string of the molecule is N#CC(C#N)=C1C=C(c2ccccc2)OC2=C1CCC/C2=C\c1sc(N2CCOCC2)c(-c2ccccc2)c1-c1ccccc1. The molecule has 3 aliphatic rings. The van der Waals surface area contributed by atoms with Crippen molar-refractivity contribution in [2.24, 2.45) is 0 Å². The predicted molar refractivity (Wildman–Crippen MR) is 181 cm³/mol. The molecule has 3 heterocycles. The van der Waals surface area contributed by atoms with E-state index in [0.717, 1.165) is 65.3 Å².